The summed E-state index contributed by atoms with van der Waals surface area (Å²) in [4.78, 5) is 4.32. The number of nitrogens with zero attached hydrogens (tertiary/aromatic N) is 2. The highest BCUT2D eigenvalue weighted by Crippen LogP contribution is 2.18. The molecule has 0 amide bonds. The summed E-state index contributed by atoms with van der Waals surface area (Å²) in [6.45, 7) is 4.33. The summed E-state index contributed by atoms with van der Waals surface area (Å²) in [6.07, 6.45) is -4.80. The van der Waals surface area contributed by atoms with Crippen molar-refractivity contribution in [2.24, 2.45) is 0 Å². The Morgan fingerprint density at radius 3 is 2.58 bits per heavy atom. The molecule has 4 nitrogen and oxygen atoms in total. The van der Waals surface area contributed by atoms with E-state index in [2.05, 4.69) is 21.5 Å². The maximum Gasteiger partial charge on any atom is 0.411 e. The van der Waals surface area contributed by atoms with Gasteiger partial charge in [-0.05, 0) is 12.5 Å². The van der Waals surface area contributed by atoms with E-state index >= 15 is 0 Å². The lowest BCUT2D eigenvalue weighted by atomic mass is 10.1. The Morgan fingerprint density at radius 1 is 1.25 bits per heavy atom. The lowest BCUT2D eigenvalue weighted by Crippen LogP contribution is -2.53. The van der Waals surface area contributed by atoms with Gasteiger partial charge in [0, 0.05) is 38.8 Å². The van der Waals surface area contributed by atoms with Crippen molar-refractivity contribution in [3.63, 3.8) is 0 Å². The van der Waals surface area contributed by atoms with Crippen molar-refractivity contribution < 1.29 is 23.0 Å². The van der Waals surface area contributed by atoms with E-state index in [0.717, 1.165) is 25.2 Å². The molecule has 1 heterocycles. The van der Waals surface area contributed by atoms with Crippen molar-refractivity contribution in [2.75, 3.05) is 45.9 Å². The molecule has 1 aromatic rings. The SMILES string of the molecule is C[C@@H]1CN(CCOCC(F)(F)F)CCN1C[C@H](O)c1ccccc1. The van der Waals surface area contributed by atoms with Crippen molar-refractivity contribution >= 4 is 0 Å². The number of alkyl halides is 3. The molecule has 1 aliphatic rings. The predicted molar refractivity (Wildman–Crippen MR) is 85.8 cm³/mol. The van der Waals surface area contributed by atoms with E-state index < -0.39 is 18.9 Å². The fourth-order valence-corrected chi connectivity index (χ4v) is 2.93. The maximum absolute atomic E-state index is 12.0. The fourth-order valence-electron chi connectivity index (χ4n) is 2.93. The molecular weight excluding hydrogens is 321 g/mol. The first-order valence-corrected chi connectivity index (χ1v) is 8.19. The van der Waals surface area contributed by atoms with Crippen LogP contribution in [0.3, 0.4) is 0 Å². The van der Waals surface area contributed by atoms with E-state index in [-0.39, 0.29) is 12.6 Å². The topological polar surface area (TPSA) is 35.9 Å². The van der Waals surface area contributed by atoms with Gasteiger partial charge in [-0.15, -0.1) is 0 Å². The molecule has 0 saturated carbocycles. The van der Waals surface area contributed by atoms with Crippen LogP contribution in [0.15, 0.2) is 30.3 Å². The monoisotopic (exact) mass is 346 g/mol. The van der Waals surface area contributed by atoms with E-state index in [1.54, 1.807) is 0 Å². The van der Waals surface area contributed by atoms with E-state index in [4.69, 9.17) is 0 Å². The number of aliphatic hydroxyl groups excluding tert-OH is 1. The molecule has 0 radical (unpaired) electrons. The van der Waals surface area contributed by atoms with Crippen LogP contribution in [0, 0.1) is 0 Å². The number of hydrogen-bond acceptors (Lipinski definition) is 4. The van der Waals surface area contributed by atoms with Gasteiger partial charge in [-0.1, -0.05) is 30.3 Å². The highest BCUT2D eigenvalue weighted by atomic mass is 19.4. The zero-order valence-electron chi connectivity index (χ0n) is 13.9. The summed E-state index contributed by atoms with van der Waals surface area (Å²) < 4.78 is 40.7. The second-order valence-electron chi connectivity index (χ2n) is 6.24. The molecule has 1 saturated heterocycles. The van der Waals surface area contributed by atoms with Gasteiger partial charge in [0.25, 0.3) is 0 Å². The summed E-state index contributed by atoms with van der Waals surface area (Å²) in [5, 5.41) is 10.3. The van der Waals surface area contributed by atoms with E-state index in [1.807, 2.05) is 30.3 Å². The number of ether oxygens (including phenoxy) is 1. The van der Waals surface area contributed by atoms with Crippen molar-refractivity contribution in [1.29, 1.82) is 0 Å². The van der Waals surface area contributed by atoms with Gasteiger partial charge in [-0.3, -0.25) is 9.80 Å². The Labute approximate surface area is 140 Å². The van der Waals surface area contributed by atoms with Crippen LogP contribution in [0.4, 0.5) is 13.2 Å². The molecular formula is C17H25F3N2O2. The number of rotatable bonds is 7. The van der Waals surface area contributed by atoms with Gasteiger partial charge in [0.2, 0.25) is 0 Å². The molecule has 0 aliphatic carbocycles. The molecule has 136 valence electrons. The third-order valence-electron chi connectivity index (χ3n) is 4.26. The minimum Gasteiger partial charge on any atom is -0.387 e. The standard InChI is InChI=1S/C17H25F3N2O2/c1-14-11-21(9-10-24-13-17(18,19)20)7-8-22(14)12-16(23)15-5-3-2-4-6-15/h2-6,14,16,23H,7-13H2,1H3/t14-,16+/m1/s1. The Morgan fingerprint density at radius 2 is 1.96 bits per heavy atom. The molecule has 1 aliphatic heterocycles. The van der Waals surface area contributed by atoms with Crippen LogP contribution in [-0.2, 0) is 4.74 Å². The maximum atomic E-state index is 12.0. The smallest absolute Gasteiger partial charge is 0.387 e. The third-order valence-corrected chi connectivity index (χ3v) is 4.26. The summed E-state index contributed by atoms with van der Waals surface area (Å²) in [7, 11) is 0. The number of halogens is 3. The Hall–Kier alpha value is -1.15. The molecule has 24 heavy (non-hydrogen) atoms. The number of aliphatic hydroxyl groups is 1. The Balaban J connectivity index is 1.71. The van der Waals surface area contributed by atoms with Crippen LogP contribution in [0.25, 0.3) is 0 Å². The summed E-state index contributed by atoms with van der Waals surface area (Å²) in [6, 6.07) is 9.77. The number of benzene rings is 1. The molecule has 2 atom stereocenters. The highest BCUT2D eigenvalue weighted by Gasteiger charge is 2.28. The van der Waals surface area contributed by atoms with Gasteiger partial charge in [0.1, 0.15) is 6.61 Å². The van der Waals surface area contributed by atoms with Crippen molar-refractivity contribution in [1.82, 2.24) is 9.80 Å². The second-order valence-corrected chi connectivity index (χ2v) is 6.24. The lowest BCUT2D eigenvalue weighted by molar-refractivity contribution is -0.174. The van der Waals surface area contributed by atoms with Gasteiger partial charge in [0.05, 0.1) is 12.7 Å². The van der Waals surface area contributed by atoms with Crippen LogP contribution in [-0.4, -0.2) is 73.1 Å². The van der Waals surface area contributed by atoms with Gasteiger partial charge >= 0.3 is 6.18 Å². The van der Waals surface area contributed by atoms with E-state index in [0.29, 0.717) is 13.1 Å². The predicted octanol–water partition coefficient (Wildman–Crippen LogP) is 2.31. The Bertz CT molecular complexity index is 484. The molecule has 0 aromatic heterocycles. The van der Waals surface area contributed by atoms with Crippen LogP contribution in [0.1, 0.15) is 18.6 Å². The first kappa shape index (κ1) is 19.2. The molecule has 1 aromatic carbocycles. The third kappa shape index (κ3) is 6.39. The zero-order valence-corrected chi connectivity index (χ0v) is 13.9. The fraction of sp³-hybridized carbons (Fsp3) is 0.647. The quantitative estimate of drug-likeness (QED) is 0.769. The van der Waals surface area contributed by atoms with Gasteiger partial charge in [-0.2, -0.15) is 13.2 Å². The Kier molecular flexibility index (Phi) is 7.03. The minimum absolute atomic E-state index is 0.0822. The number of piperazine rings is 1. The average Bonchev–Trinajstić information content (AvgIpc) is 2.54. The normalized spacial score (nSPS) is 21.8. The molecule has 7 heteroatoms. The largest absolute Gasteiger partial charge is 0.411 e. The van der Waals surface area contributed by atoms with Gasteiger partial charge < -0.3 is 9.84 Å². The number of β-amino-alcohol motifs (C(OH)–C–C–N with tert-alkyl or cyclic N) is 1. The van der Waals surface area contributed by atoms with Crippen molar-refractivity contribution in [2.45, 2.75) is 25.2 Å². The average molecular weight is 346 g/mol. The first-order chi connectivity index (χ1) is 11.3. The van der Waals surface area contributed by atoms with E-state index in [9.17, 15) is 18.3 Å². The first-order valence-electron chi connectivity index (χ1n) is 8.19. The molecule has 0 bridgehead atoms. The van der Waals surface area contributed by atoms with Crippen LogP contribution in [0.5, 0.6) is 0 Å². The molecule has 1 N–H and O–H groups in total. The van der Waals surface area contributed by atoms with Gasteiger partial charge in [0.15, 0.2) is 0 Å². The molecule has 1 fully saturated rings. The summed E-state index contributed by atoms with van der Waals surface area (Å²) >= 11 is 0. The second kappa shape index (κ2) is 8.80. The molecule has 0 spiro atoms. The zero-order chi connectivity index (χ0) is 17.6. The summed E-state index contributed by atoms with van der Waals surface area (Å²) in [5.74, 6) is 0. The van der Waals surface area contributed by atoms with Crippen LogP contribution < -0.4 is 0 Å². The highest BCUT2D eigenvalue weighted by molar-refractivity contribution is 5.17. The molecule has 0 unspecified atom stereocenters. The number of hydrogen-bond donors (Lipinski definition) is 1. The lowest BCUT2D eigenvalue weighted by Gasteiger charge is -2.40. The van der Waals surface area contributed by atoms with Gasteiger partial charge in [-0.25, -0.2) is 0 Å². The van der Waals surface area contributed by atoms with Crippen LogP contribution in [0.2, 0.25) is 0 Å². The van der Waals surface area contributed by atoms with E-state index in [1.165, 1.54) is 0 Å². The molecule has 2 rings (SSSR count). The minimum atomic E-state index is -4.26. The van der Waals surface area contributed by atoms with Crippen LogP contribution >= 0.6 is 0 Å². The van der Waals surface area contributed by atoms with Crippen molar-refractivity contribution in [3.8, 4) is 0 Å². The summed E-state index contributed by atoms with van der Waals surface area (Å²) in [5.41, 5.74) is 0.896. The van der Waals surface area contributed by atoms with Crippen molar-refractivity contribution in [3.05, 3.63) is 35.9 Å².